The number of nitrogens with zero attached hydrogens (tertiary/aromatic N) is 1. The number of aryl methyl sites for hydroxylation is 2. The number of rotatable bonds is 3. The van der Waals surface area contributed by atoms with E-state index in [0.29, 0.717) is 5.89 Å². The van der Waals surface area contributed by atoms with Crippen LogP contribution in [0.25, 0.3) is 0 Å². The van der Waals surface area contributed by atoms with Crippen LogP contribution in [-0.2, 0) is 6.54 Å². The van der Waals surface area contributed by atoms with Gasteiger partial charge in [0.2, 0.25) is 5.89 Å². The first kappa shape index (κ1) is 12.2. The summed E-state index contributed by atoms with van der Waals surface area (Å²) < 4.78 is 5.25. The first-order valence-corrected chi connectivity index (χ1v) is 5.66. The molecule has 0 saturated heterocycles. The van der Waals surface area contributed by atoms with Gasteiger partial charge < -0.3 is 15.1 Å². The van der Waals surface area contributed by atoms with Crippen molar-refractivity contribution in [3.63, 3.8) is 0 Å². The van der Waals surface area contributed by atoms with Crippen molar-refractivity contribution >= 4 is 11.7 Å². The van der Waals surface area contributed by atoms with Crippen LogP contribution in [0.4, 0.5) is 10.5 Å². The second-order valence-corrected chi connectivity index (χ2v) is 4.04. The smallest absolute Gasteiger partial charge is 0.319 e. The third-order valence-electron chi connectivity index (χ3n) is 2.38. The van der Waals surface area contributed by atoms with Crippen molar-refractivity contribution in [2.45, 2.75) is 20.4 Å². The van der Waals surface area contributed by atoms with Crippen LogP contribution in [0, 0.1) is 13.8 Å². The van der Waals surface area contributed by atoms with Gasteiger partial charge >= 0.3 is 6.03 Å². The van der Waals surface area contributed by atoms with Gasteiger partial charge in [0.05, 0.1) is 12.7 Å². The molecular weight excluding hydrogens is 230 g/mol. The maximum atomic E-state index is 11.6. The molecule has 2 amide bonds. The topological polar surface area (TPSA) is 67.2 Å². The Balaban J connectivity index is 1.83. The van der Waals surface area contributed by atoms with E-state index in [0.717, 1.165) is 17.0 Å². The molecule has 1 aromatic heterocycles. The molecule has 0 fully saturated rings. The Hall–Kier alpha value is -2.30. The predicted molar refractivity (Wildman–Crippen MR) is 68.3 cm³/mol. The quantitative estimate of drug-likeness (QED) is 0.873. The lowest BCUT2D eigenvalue weighted by molar-refractivity contribution is 0.250. The second-order valence-electron chi connectivity index (χ2n) is 4.04. The highest BCUT2D eigenvalue weighted by Gasteiger charge is 2.04. The minimum atomic E-state index is -0.283. The molecule has 0 saturated carbocycles. The summed E-state index contributed by atoms with van der Waals surface area (Å²) in [6.45, 7) is 4.07. The fraction of sp³-hybridized carbons (Fsp3) is 0.231. The summed E-state index contributed by atoms with van der Waals surface area (Å²) >= 11 is 0. The van der Waals surface area contributed by atoms with Crippen LogP contribution in [-0.4, -0.2) is 11.0 Å². The fourth-order valence-electron chi connectivity index (χ4n) is 1.45. The van der Waals surface area contributed by atoms with Gasteiger partial charge in [0.25, 0.3) is 0 Å². The zero-order valence-corrected chi connectivity index (χ0v) is 10.4. The Kier molecular flexibility index (Phi) is 3.62. The number of nitrogens with one attached hydrogen (secondary N) is 2. The largest absolute Gasteiger partial charge is 0.444 e. The standard InChI is InChI=1S/C13H15N3O2/c1-9-3-5-11(6-4-9)16-13(17)15-8-12-14-7-10(2)18-12/h3-7H,8H2,1-2H3,(H2,15,16,17). The van der Waals surface area contributed by atoms with Crippen LogP contribution in [0.15, 0.2) is 34.9 Å². The lowest BCUT2D eigenvalue weighted by Crippen LogP contribution is -2.28. The van der Waals surface area contributed by atoms with Gasteiger partial charge in [-0.1, -0.05) is 17.7 Å². The third kappa shape index (κ3) is 3.35. The number of aromatic nitrogens is 1. The summed E-state index contributed by atoms with van der Waals surface area (Å²) in [7, 11) is 0. The summed E-state index contributed by atoms with van der Waals surface area (Å²) in [5, 5.41) is 5.40. The van der Waals surface area contributed by atoms with Crippen molar-refractivity contribution in [2.24, 2.45) is 0 Å². The summed E-state index contributed by atoms with van der Waals surface area (Å²) in [5.74, 6) is 1.22. The van der Waals surface area contributed by atoms with E-state index in [2.05, 4.69) is 15.6 Å². The van der Waals surface area contributed by atoms with E-state index in [9.17, 15) is 4.79 Å². The zero-order valence-electron chi connectivity index (χ0n) is 10.4. The summed E-state index contributed by atoms with van der Waals surface area (Å²) in [4.78, 5) is 15.6. The maximum absolute atomic E-state index is 11.6. The maximum Gasteiger partial charge on any atom is 0.319 e. The van der Waals surface area contributed by atoms with Crippen molar-refractivity contribution in [1.82, 2.24) is 10.3 Å². The molecule has 0 spiro atoms. The molecule has 0 unspecified atom stereocenters. The highest BCUT2D eigenvalue weighted by molar-refractivity contribution is 5.89. The number of carbonyl (C=O) groups excluding carboxylic acids is 1. The van der Waals surface area contributed by atoms with Gasteiger partial charge in [0.15, 0.2) is 0 Å². The van der Waals surface area contributed by atoms with Crippen molar-refractivity contribution in [3.05, 3.63) is 47.7 Å². The SMILES string of the molecule is Cc1ccc(NC(=O)NCc2ncc(C)o2)cc1. The molecule has 1 heterocycles. The van der Waals surface area contributed by atoms with Crippen LogP contribution < -0.4 is 10.6 Å². The average Bonchev–Trinajstić information content (AvgIpc) is 2.76. The van der Waals surface area contributed by atoms with Crippen molar-refractivity contribution in [1.29, 1.82) is 0 Å². The molecule has 0 aliphatic carbocycles. The minimum Gasteiger partial charge on any atom is -0.444 e. The van der Waals surface area contributed by atoms with Gasteiger partial charge in [-0.25, -0.2) is 9.78 Å². The highest BCUT2D eigenvalue weighted by Crippen LogP contribution is 2.08. The van der Waals surface area contributed by atoms with E-state index in [1.165, 1.54) is 0 Å². The summed E-state index contributed by atoms with van der Waals surface area (Å²) in [5.41, 5.74) is 1.90. The Bertz CT molecular complexity index is 531. The Morgan fingerprint density at radius 1 is 1.28 bits per heavy atom. The van der Waals surface area contributed by atoms with E-state index >= 15 is 0 Å². The number of hydrogen-bond acceptors (Lipinski definition) is 3. The van der Waals surface area contributed by atoms with Crippen molar-refractivity contribution in [3.8, 4) is 0 Å². The summed E-state index contributed by atoms with van der Waals surface area (Å²) in [6.07, 6.45) is 1.62. The van der Waals surface area contributed by atoms with Gasteiger partial charge in [-0.15, -0.1) is 0 Å². The molecule has 0 aliphatic rings. The molecule has 94 valence electrons. The van der Waals surface area contributed by atoms with E-state index in [1.807, 2.05) is 38.1 Å². The molecule has 0 aliphatic heterocycles. The number of oxazole rings is 1. The van der Waals surface area contributed by atoms with Gasteiger partial charge in [-0.05, 0) is 26.0 Å². The summed E-state index contributed by atoms with van der Waals surface area (Å²) in [6, 6.07) is 7.30. The van der Waals surface area contributed by atoms with Crippen LogP contribution in [0.1, 0.15) is 17.2 Å². The lowest BCUT2D eigenvalue weighted by atomic mass is 10.2. The molecule has 0 atom stereocenters. The van der Waals surface area contributed by atoms with Gasteiger partial charge in [-0.3, -0.25) is 0 Å². The van der Waals surface area contributed by atoms with Crippen LogP contribution in [0.2, 0.25) is 0 Å². The van der Waals surface area contributed by atoms with Crippen molar-refractivity contribution in [2.75, 3.05) is 5.32 Å². The number of carbonyl (C=O) groups is 1. The van der Waals surface area contributed by atoms with Crippen LogP contribution in [0.5, 0.6) is 0 Å². The molecule has 5 nitrogen and oxygen atoms in total. The van der Waals surface area contributed by atoms with Gasteiger partial charge in [-0.2, -0.15) is 0 Å². The number of urea groups is 1. The van der Waals surface area contributed by atoms with E-state index in [-0.39, 0.29) is 12.6 Å². The molecular formula is C13H15N3O2. The molecule has 1 aromatic carbocycles. The zero-order chi connectivity index (χ0) is 13.0. The van der Waals surface area contributed by atoms with E-state index < -0.39 is 0 Å². The second kappa shape index (κ2) is 5.35. The first-order valence-electron chi connectivity index (χ1n) is 5.66. The monoisotopic (exact) mass is 245 g/mol. The molecule has 18 heavy (non-hydrogen) atoms. The normalized spacial score (nSPS) is 10.1. The third-order valence-corrected chi connectivity index (χ3v) is 2.38. The molecule has 2 aromatic rings. The molecule has 0 radical (unpaired) electrons. The molecule has 0 bridgehead atoms. The van der Waals surface area contributed by atoms with Gasteiger partial charge in [0.1, 0.15) is 5.76 Å². The van der Waals surface area contributed by atoms with Crippen LogP contribution >= 0.6 is 0 Å². The predicted octanol–water partition coefficient (Wildman–Crippen LogP) is 2.61. The fourth-order valence-corrected chi connectivity index (χ4v) is 1.45. The van der Waals surface area contributed by atoms with Crippen LogP contribution in [0.3, 0.4) is 0 Å². The van der Waals surface area contributed by atoms with Crippen molar-refractivity contribution < 1.29 is 9.21 Å². The lowest BCUT2D eigenvalue weighted by Gasteiger charge is -2.06. The minimum absolute atomic E-state index is 0.269. The van der Waals surface area contributed by atoms with E-state index in [1.54, 1.807) is 6.20 Å². The number of hydrogen-bond donors (Lipinski definition) is 2. The number of benzene rings is 1. The Morgan fingerprint density at radius 3 is 2.61 bits per heavy atom. The van der Waals surface area contributed by atoms with Gasteiger partial charge in [0, 0.05) is 5.69 Å². The van der Waals surface area contributed by atoms with E-state index in [4.69, 9.17) is 4.42 Å². The molecule has 5 heteroatoms. The first-order chi connectivity index (χ1) is 8.63. The Morgan fingerprint density at radius 2 is 2.00 bits per heavy atom. The molecule has 2 N–H and O–H groups in total. The molecule has 2 rings (SSSR count). The number of anilines is 1. The highest BCUT2D eigenvalue weighted by atomic mass is 16.4. The number of amides is 2. The average molecular weight is 245 g/mol. The Labute approximate surface area is 105 Å².